The van der Waals surface area contributed by atoms with Gasteiger partial charge in [0.25, 0.3) is 0 Å². The predicted molar refractivity (Wildman–Crippen MR) is 65.5 cm³/mol. The zero-order valence-electron chi connectivity index (χ0n) is 10.9. The summed E-state index contributed by atoms with van der Waals surface area (Å²) in [5.41, 5.74) is 0. The molecule has 2 aromatic heterocycles. The van der Waals surface area contributed by atoms with E-state index in [1.165, 1.54) is 0 Å². The van der Waals surface area contributed by atoms with Crippen molar-refractivity contribution in [1.82, 2.24) is 20.1 Å². The Labute approximate surface area is 118 Å². The molecule has 1 saturated heterocycles. The minimum atomic E-state index is -4.61. The summed E-state index contributed by atoms with van der Waals surface area (Å²) in [6.07, 6.45) is 1.70. The quantitative estimate of drug-likeness (QED) is 0.847. The Morgan fingerprint density at radius 3 is 2.81 bits per heavy atom. The Balaban J connectivity index is 1.76. The number of rotatable bonds is 2. The first-order valence-electron chi connectivity index (χ1n) is 6.46. The summed E-state index contributed by atoms with van der Waals surface area (Å²) in [6.45, 7) is 1.27. The Morgan fingerprint density at radius 1 is 1.29 bits per heavy atom. The van der Waals surface area contributed by atoms with Crippen LogP contribution in [0.3, 0.4) is 0 Å². The third kappa shape index (κ3) is 2.96. The molecule has 1 aliphatic rings. The second-order valence-corrected chi connectivity index (χ2v) is 4.80. The summed E-state index contributed by atoms with van der Waals surface area (Å²) < 4.78 is 41.7. The number of hydrogen-bond donors (Lipinski definition) is 0. The molecule has 0 aromatic carbocycles. The third-order valence-electron chi connectivity index (χ3n) is 3.34. The van der Waals surface area contributed by atoms with Gasteiger partial charge in [0.1, 0.15) is 5.82 Å². The van der Waals surface area contributed by atoms with Gasteiger partial charge in [-0.3, -0.25) is 4.98 Å². The number of aromatic nitrogens is 4. The molecular weight excluding hydrogens is 287 g/mol. The maximum Gasteiger partial charge on any atom is 0.471 e. The van der Waals surface area contributed by atoms with Crippen molar-refractivity contribution in [2.75, 3.05) is 18.0 Å². The largest absolute Gasteiger partial charge is 0.471 e. The summed E-state index contributed by atoms with van der Waals surface area (Å²) in [6, 6.07) is 0. The Hall–Kier alpha value is -2.19. The van der Waals surface area contributed by atoms with Crippen LogP contribution in [0.1, 0.15) is 30.5 Å². The van der Waals surface area contributed by atoms with Crippen molar-refractivity contribution in [3.8, 4) is 0 Å². The van der Waals surface area contributed by atoms with E-state index in [0.29, 0.717) is 18.8 Å². The number of anilines is 1. The lowest BCUT2D eigenvalue weighted by Crippen LogP contribution is -2.35. The van der Waals surface area contributed by atoms with E-state index in [-0.39, 0.29) is 11.7 Å². The molecule has 2 aromatic rings. The van der Waals surface area contributed by atoms with Crippen LogP contribution in [0.4, 0.5) is 19.0 Å². The number of hydrogen-bond acceptors (Lipinski definition) is 6. The first kappa shape index (κ1) is 13.8. The maximum atomic E-state index is 12.5. The van der Waals surface area contributed by atoms with Crippen molar-refractivity contribution < 1.29 is 17.7 Å². The SMILES string of the molecule is FC(F)(F)c1nc([C@H]2CCCN(c3cnccn3)C2)no1. The Bertz CT molecular complexity index is 600. The molecular formula is C12H12F3N5O. The molecule has 3 heterocycles. The van der Waals surface area contributed by atoms with Crippen LogP contribution in [0.5, 0.6) is 0 Å². The van der Waals surface area contributed by atoms with Gasteiger partial charge < -0.3 is 9.42 Å². The first-order valence-corrected chi connectivity index (χ1v) is 6.46. The zero-order chi connectivity index (χ0) is 14.9. The summed E-state index contributed by atoms with van der Waals surface area (Å²) in [5, 5.41) is 3.47. The summed E-state index contributed by atoms with van der Waals surface area (Å²) in [5.74, 6) is -0.715. The van der Waals surface area contributed by atoms with Crippen LogP contribution in [0.2, 0.25) is 0 Å². The van der Waals surface area contributed by atoms with E-state index in [2.05, 4.69) is 24.6 Å². The van der Waals surface area contributed by atoms with E-state index in [1.807, 2.05) is 4.90 Å². The number of halogens is 3. The van der Waals surface area contributed by atoms with Crippen LogP contribution >= 0.6 is 0 Å². The molecule has 0 amide bonds. The second kappa shape index (κ2) is 5.30. The molecule has 1 atom stereocenters. The molecule has 9 heteroatoms. The normalized spacial score (nSPS) is 19.8. The van der Waals surface area contributed by atoms with E-state index in [4.69, 9.17) is 0 Å². The Kier molecular flexibility index (Phi) is 3.48. The summed E-state index contributed by atoms with van der Waals surface area (Å²) >= 11 is 0. The highest BCUT2D eigenvalue weighted by Crippen LogP contribution is 2.31. The molecule has 0 radical (unpaired) electrons. The standard InChI is InChI=1S/C12H12F3N5O/c13-12(14,15)11-18-10(19-21-11)8-2-1-5-20(7-8)9-6-16-3-4-17-9/h3-4,6,8H,1-2,5,7H2/t8-/m0/s1. The van der Waals surface area contributed by atoms with E-state index in [9.17, 15) is 13.2 Å². The monoisotopic (exact) mass is 299 g/mol. The average molecular weight is 299 g/mol. The first-order chi connectivity index (χ1) is 10.0. The molecule has 1 aliphatic heterocycles. The van der Waals surface area contributed by atoms with Crippen molar-refractivity contribution in [3.63, 3.8) is 0 Å². The van der Waals surface area contributed by atoms with Gasteiger partial charge in [0.15, 0.2) is 5.82 Å². The van der Waals surface area contributed by atoms with Gasteiger partial charge in [-0.05, 0) is 12.8 Å². The van der Waals surface area contributed by atoms with Gasteiger partial charge in [-0.25, -0.2) is 4.98 Å². The van der Waals surface area contributed by atoms with Crippen molar-refractivity contribution >= 4 is 5.82 Å². The van der Waals surface area contributed by atoms with Crippen LogP contribution in [0.25, 0.3) is 0 Å². The van der Waals surface area contributed by atoms with Gasteiger partial charge in [-0.15, -0.1) is 0 Å². The van der Waals surface area contributed by atoms with Crippen molar-refractivity contribution in [3.05, 3.63) is 30.3 Å². The Morgan fingerprint density at radius 2 is 2.14 bits per heavy atom. The maximum absolute atomic E-state index is 12.5. The lowest BCUT2D eigenvalue weighted by atomic mass is 9.97. The molecule has 0 bridgehead atoms. The molecule has 0 saturated carbocycles. The fourth-order valence-electron chi connectivity index (χ4n) is 2.37. The number of alkyl halides is 3. The van der Waals surface area contributed by atoms with Gasteiger partial charge >= 0.3 is 12.1 Å². The smallest absolute Gasteiger partial charge is 0.355 e. The fourth-order valence-corrected chi connectivity index (χ4v) is 2.37. The molecule has 0 spiro atoms. The average Bonchev–Trinajstić information content (AvgIpc) is 2.98. The molecule has 1 fully saturated rings. The molecule has 0 aliphatic carbocycles. The second-order valence-electron chi connectivity index (χ2n) is 4.80. The van der Waals surface area contributed by atoms with Crippen LogP contribution in [0.15, 0.2) is 23.1 Å². The van der Waals surface area contributed by atoms with Crippen LogP contribution in [-0.4, -0.2) is 33.2 Å². The van der Waals surface area contributed by atoms with E-state index in [1.54, 1.807) is 18.6 Å². The van der Waals surface area contributed by atoms with Gasteiger partial charge in [0, 0.05) is 31.4 Å². The molecule has 0 N–H and O–H groups in total. The van der Waals surface area contributed by atoms with Gasteiger partial charge in [0.05, 0.1) is 6.20 Å². The van der Waals surface area contributed by atoms with Crippen molar-refractivity contribution in [1.29, 1.82) is 0 Å². The van der Waals surface area contributed by atoms with E-state index >= 15 is 0 Å². The topological polar surface area (TPSA) is 67.9 Å². The zero-order valence-corrected chi connectivity index (χ0v) is 10.9. The molecule has 0 unspecified atom stereocenters. The summed E-state index contributed by atoms with van der Waals surface area (Å²) in [4.78, 5) is 13.6. The van der Waals surface area contributed by atoms with Crippen LogP contribution in [0, 0.1) is 0 Å². The highest BCUT2D eigenvalue weighted by molar-refractivity contribution is 5.36. The minimum Gasteiger partial charge on any atom is -0.355 e. The lowest BCUT2D eigenvalue weighted by molar-refractivity contribution is -0.159. The summed E-state index contributed by atoms with van der Waals surface area (Å²) in [7, 11) is 0. The van der Waals surface area contributed by atoms with Gasteiger partial charge in [0.2, 0.25) is 0 Å². The molecule has 21 heavy (non-hydrogen) atoms. The highest BCUT2D eigenvalue weighted by atomic mass is 19.4. The third-order valence-corrected chi connectivity index (χ3v) is 3.34. The molecule has 112 valence electrons. The number of piperidine rings is 1. The van der Waals surface area contributed by atoms with Crippen LogP contribution < -0.4 is 4.90 Å². The van der Waals surface area contributed by atoms with Gasteiger partial charge in [-0.2, -0.15) is 18.2 Å². The number of nitrogens with zero attached hydrogens (tertiary/aromatic N) is 5. The highest BCUT2D eigenvalue weighted by Gasteiger charge is 2.39. The van der Waals surface area contributed by atoms with E-state index < -0.39 is 12.1 Å². The van der Waals surface area contributed by atoms with Crippen LogP contribution in [-0.2, 0) is 6.18 Å². The lowest BCUT2D eigenvalue weighted by Gasteiger charge is -2.31. The predicted octanol–water partition coefficient (Wildman–Crippen LogP) is 2.26. The minimum absolute atomic E-state index is 0.0934. The molecule has 6 nitrogen and oxygen atoms in total. The van der Waals surface area contributed by atoms with Crippen molar-refractivity contribution in [2.45, 2.75) is 24.9 Å². The molecule has 3 rings (SSSR count). The van der Waals surface area contributed by atoms with Gasteiger partial charge in [-0.1, -0.05) is 5.16 Å². The fraction of sp³-hybridized carbons (Fsp3) is 0.500. The van der Waals surface area contributed by atoms with Crippen molar-refractivity contribution in [2.24, 2.45) is 0 Å². The van der Waals surface area contributed by atoms with E-state index in [0.717, 1.165) is 13.0 Å².